The van der Waals surface area contributed by atoms with Gasteiger partial charge in [-0.25, -0.2) is 4.98 Å². The van der Waals surface area contributed by atoms with Gasteiger partial charge in [0, 0.05) is 53.9 Å². The Morgan fingerprint density at radius 3 is 2.73 bits per heavy atom. The van der Waals surface area contributed by atoms with Crippen LogP contribution in [0.3, 0.4) is 0 Å². The molecule has 3 heterocycles. The normalized spacial score (nSPS) is 22.1. The van der Waals surface area contributed by atoms with Gasteiger partial charge in [0.15, 0.2) is 5.06 Å². The molecule has 1 N–H and O–H groups in total. The molecule has 0 amide bonds. The lowest BCUT2D eigenvalue weighted by atomic mass is 9.94. The molecule has 3 aromatic rings. The molecule has 6 nitrogen and oxygen atoms in total. The first-order valence-electron chi connectivity index (χ1n) is 9.79. The van der Waals surface area contributed by atoms with Crippen molar-refractivity contribution in [1.29, 1.82) is 0 Å². The lowest BCUT2D eigenvalue weighted by Crippen LogP contribution is -2.29. The van der Waals surface area contributed by atoms with Gasteiger partial charge in [-0.2, -0.15) is 0 Å². The predicted octanol–water partition coefficient (Wildman–Crippen LogP) is 4.99. The highest BCUT2D eigenvalue weighted by Crippen LogP contribution is 2.44. The summed E-state index contributed by atoms with van der Waals surface area (Å²) in [6.07, 6.45) is 5.62. The number of methoxy groups -OCH3 is 2. The summed E-state index contributed by atoms with van der Waals surface area (Å²) in [5, 5.41) is 1.07. The molecule has 1 unspecified atom stereocenters. The van der Waals surface area contributed by atoms with Crippen LogP contribution in [0.1, 0.15) is 36.6 Å². The zero-order valence-corrected chi connectivity index (χ0v) is 18.4. The van der Waals surface area contributed by atoms with Crippen LogP contribution in [-0.2, 0) is 9.47 Å². The molecule has 0 aromatic carbocycles. The number of allylic oxidation sites excluding steroid dienone is 1. The van der Waals surface area contributed by atoms with E-state index in [1.54, 1.807) is 12.3 Å². The van der Waals surface area contributed by atoms with E-state index in [1.807, 2.05) is 23.6 Å². The molecule has 5 rings (SSSR count). The number of pyridine rings is 2. The molecule has 0 bridgehead atoms. The zero-order valence-electron chi connectivity index (χ0n) is 16.9. The highest BCUT2D eigenvalue weighted by Gasteiger charge is 2.36. The molecule has 2 aliphatic carbocycles. The fraction of sp³-hybridized carbons (Fsp3) is 0.364. The smallest absolute Gasteiger partial charge is 0.258 e. The number of aromatic nitrogens is 3. The van der Waals surface area contributed by atoms with Crippen LogP contribution in [0.2, 0.25) is 0 Å². The monoisotopic (exact) mass is 445 g/mol. The molecule has 1 fully saturated rings. The molecule has 0 radical (unpaired) electrons. The van der Waals surface area contributed by atoms with E-state index in [1.165, 1.54) is 14.2 Å². The molecule has 8 heteroatoms. The van der Waals surface area contributed by atoms with Crippen molar-refractivity contribution < 1.29 is 9.47 Å². The van der Waals surface area contributed by atoms with Gasteiger partial charge < -0.3 is 19.0 Å². The summed E-state index contributed by atoms with van der Waals surface area (Å²) < 4.78 is 12.8. The number of aromatic amines is 1. The summed E-state index contributed by atoms with van der Waals surface area (Å²) in [6, 6.07) is 4.06. The van der Waals surface area contributed by atoms with Crippen molar-refractivity contribution in [3.63, 3.8) is 0 Å². The van der Waals surface area contributed by atoms with E-state index in [0.29, 0.717) is 21.9 Å². The molecule has 0 aliphatic heterocycles. The largest absolute Gasteiger partial charge is 0.495 e. The van der Waals surface area contributed by atoms with E-state index in [-0.39, 0.29) is 18.0 Å². The minimum Gasteiger partial charge on any atom is -0.495 e. The Balaban J connectivity index is 1.83. The second-order valence-electron chi connectivity index (χ2n) is 7.91. The van der Waals surface area contributed by atoms with Crippen LogP contribution in [0.25, 0.3) is 27.5 Å². The molecule has 0 spiro atoms. The highest BCUT2D eigenvalue weighted by molar-refractivity contribution is 6.36. The number of alkyl halides is 1. The number of hydrogen-bond acceptors (Lipinski definition) is 4. The van der Waals surface area contributed by atoms with E-state index in [2.05, 4.69) is 9.97 Å². The maximum Gasteiger partial charge on any atom is 0.258 e. The van der Waals surface area contributed by atoms with Gasteiger partial charge in [0.05, 0.1) is 17.7 Å². The Labute approximate surface area is 183 Å². The summed E-state index contributed by atoms with van der Waals surface area (Å²) in [4.78, 5) is 21.6. The Morgan fingerprint density at radius 1 is 1.30 bits per heavy atom. The van der Waals surface area contributed by atoms with Gasteiger partial charge in [-0.3, -0.25) is 4.79 Å². The number of aryl methyl sites for hydroxylation is 1. The molecule has 1 atom stereocenters. The van der Waals surface area contributed by atoms with Crippen molar-refractivity contribution in [2.24, 2.45) is 0 Å². The Kier molecular flexibility index (Phi) is 4.51. The van der Waals surface area contributed by atoms with Gasteiger partial charge in [0.2, 0.25) is 0 Å². The molecule has 1 saturated carbocycles. The van der Waals surface area contributed by atoms with Gasteiger partial charge in [-0.05, 0) is 37.5 Å². The third-order valence-corrected chi connectivity index (χ3v) is 6.64. The average Bonchev–Trinajstić information content (AvgIpc) is 3.49. The maximum absolute atomic E-state index is 13.7. The summed E-state index contributed by atoms with van der Waals surface area (Å²) in [6.45, 7) is 1.98. The van der Waals surface area contributed by atoms with Crippen LogP contribution in [-0.4, -0.2) is 33.8 Å². The summed E-state index contributed by atoms with van der Waals surface area (Å²) in [7, 11) is 3.03. The summed E-state index contributed by atoms with van der Waals surface area (Å²) in [5.41, 5.74) is 3.71. The van der Waals surface area contributed by atoms with Crippen LogP contribution in [0.15, 0.2) is 40.0 Å². The SMILES string of the molecule is COC1=CC(Cl)(OC)CC(c2cc3cnc4[nH]c(C)cc4c3n(C3CC3)c2=O)=C1Cl. The van der Waals surface area contributed by atoms with Gasteiger partial charge >= 0.3 is 0 Å². The quantitative estimate of drug-likeness (QED) is 0.574. The van der Waals surface area contributed by atoms with Gasteiger partial charge in [0.1, 0.15) is 11.4 Å². The van der Waals surface area contributed by atoms with Crippen LogP contribution in [0.5, 0.6) is 0 Å². The molecule has 30 heavy (non-hydrogen) atoms. The molecular formula is C22H21Cl2N3O3. The minimum atomic E-state index is -1.13. The van der Waals surface area contributed by atoms with Crippen molar-refractivity contribution in [2.45, 2.75) is 37.3 Å². The average molecular weight is 446 g/mol. The van der Waals surface area contributed by atoms with Crippen LogP contribution in [0.4, 0.5) is 0 Å². The van der Waals surface area contributed by atoms with Crippen molar-refractivity contribution in [3.8, 4) is 0 Å². The maximum atomic E-state index is 13.7. The summed E-state index contributed by atoms with van der Waals surface area (Å²) >= 11 is 13.3. The first-order valence-corrected chi connectivity index (χ1v) is 10.5. The predicted molar refractivity (Wildman–Crippen MR) is 119 cm³/mol. The Morgan fingerprint density at radius 2 is 2.07 bits per heavy atom. The number of hydrogen-bond donors (Lipinski definition) is 1. The first-order chi connectivity index (χ1) is 14.3. The van der Waals surface area contributed by atoms with Crippen molar-refractivity contribution in [2.75, 3.05) is 14.2 Å². The standard InChI is InChI=1S/C22H21Cl2N3O3/c1-11-6-15-19-12(10-25-20(15)26-11)7-14(21(28)27(19)13-4-5-13)16-8-22(24,30-3)9-17(29-2)18(16)23/h6-7,9-10,13H,4-5,8H2,1-3H3,(H,25,26). The number of rotatable bonds is 4. The van der Waals surface area contributed by atoms with E-state index in [9.17, 15) is 4.79 Å². The number of fused-ring (bicyclic) bond motifs is 3. The zero-order chi connectivity index (χ0) is 21.2. The van der Waals surface area contributed by atoms with Crippen molar-refractivity contribution in [3.05, 3.63) is 56.8 Å². The first kappa shape index (κ1) is 19.7. The number of ether oxygens (including phenoxy) is 2. The van der Waals surface area contributed by atoms with E-state index < -0.39 is 5.06 Å². The molecule has 2 aliphatic rings. The Bertz CT molecular complexity index is 1320. The number of nitrogens with one attached hydrogen (secondary N) is 1. The van der Waals surface area contributed by atoms with Crippen LogP contribution >= 0.6 is 23.2 Å². The fourth-order valence-corrected chi connectivity index (χ4v) is 4.73. The molecular weight excluding hydrogens is 425 g/mol. The third kappa shape index (κ3) is 2.97. The van der Waals surface area contributed by atoms with Crippen molar-refractivity contribution in [1.82, 2.24) is 14.5 Å². The Hall–Kier alpha value is -2.28. The number of nitrogens with zero attached hydrogens (tertiary/aromatic N) is 2. The number of H-pyrrole nitrogens is 1. The van der Waals surface area contributed by atoms with E-state index in [0.717, 1.165) is 40.5 Å². The van der Waals surface area contributed by atoms with Gasteiger partial charge in [-0.15, -0.1) is 0 Å². The lowest BCUT2D eigenvalue weighted by Gasteiger charge is -2.29. The second kappa shape index (κ2) is 6.87. The van der Waals surface area contributed by atoms with Gasteiger partial charge in [-0.1, -0.05) is 23.2 Å². The van der Waals surface area contributed by atoms with Crippen LogP contribution < -0.4 is 5.56 Å². The van der Waals surface area contributed by atoms with E-state index in [4.69, 9.17) is 32.7 Å². The minimum absolute atomic E-state index is 0.0861. The molecule has 0 saturated heterocycles. The fourth-order valence-electron chi connectivity index (χ4n) is 4.20. The topological polar surface area (TPSA) is 69.1 Å². The molecule has 156 valence electrons. The van der Waals surface area contributed by atoms with E-state index >= 15 is 0 Å². The van der Waals surface area contributed by atoms with Crippen LogP contribution in [0, 0.1) is 6.92 Å². The second-order valence-corrected chi connectivity index (χ2v) is 8.93. The third-order valence-electron chi connectivity index (χ3n) is 5.82. The summed E-state index contributed by atoms with van der Waals surface area (Å²) in [5.74, 6) is 0.391. The van der Waals surface area contributed by atoms with Gasteiger partial charge in [0.25, 0.3) is 5.56 Å². The van der Waals surface area contributed by atoms with Crippen molar-refractivity contribution >= 4 is 50.7 Å². The molecule has 3 aromatic heterocycles. The highest BCUT2D eigenvalue weighted by atomic mass is 35.5. The lowest BCUT2D eigenvalue weighted by molar-refractivity contribution is 0.103. The number of halogens is 2.